The number of nitrogens with one attached hydrogen (secondary N) is 2. The van der Waals surface area contributed by atoms with E-state index in [-0.39, 0.29) is 0 Å². The van der Waals surface area contributed by atoms with Crippen molar-refractivity contribution in [1.82, 2.24) is 15.5 Å². The number of hydrogen-bond acceptors (Lipinski definition) is 2. The fourth-order valence-corrected chi connectivity index (χ4v) is 2.61. The van der Waals surface area contributed by atoms with Gasteiger partial charge in [0.1, 0.15) is 0 Å². The summed E-state index contributed by atoms with van der Waals surface area (Å²) in [5, 5.41) is 10.4. The van der Waals surface area contributed by atoms with Crippen LogP contribution in [0.1, 0.15) is 24.8 Å². The Bertz CT molecular complexity index is 339. The van der Waals surface area contributed by atoms with Crippen LogP contribution in [0.2, 0.25) is 0 Å². The normalized spacial score (nSPS) is 31.3. The molecule has 0 saturated carbocycles. The van der Waals surface area contributed by atoms with Crippen molar-refractivity contribution in [2.45, 2.75) is 25.3 Å². The zero-order valence-electron chi connectivity index (χ0n) is 8.16. The van der Waals surface area contributed by atoms with E-state index in [9.17, 15) is 0 Å². The van der Waals surface area contributed by atoms with Crippen LogP contribution in [0.5, 0.6) is 0 Å². The van der Waals surface area contributed by atoms with Gasteiger partial charge in [-0.15, -0.1) is 0 Å². The van der Waals surface area contributed by atoms with Gasteiger partial charge in [0.15, 0.2) is 0 Å². The summed E-state index contributed by atoms with van der Waals surface area (Å²) in [4.78, 5) is 0. The van der Waals surface area contributed by atoms with Crippen molar-refractivity contribution < 1.29 is 0 Å². The molecule has 3 rings (SSSR count). The number of nitrogens with zero attached hydrogens (tertiary/aromatic N) is 1. The highest BCUT2D eigenvalue weighted by Gasteiger charge is 2.26. The molecule has 0 amide bonds. The quantitative estimate of drug-likeness (QED) is 0.704. The van der Waals surface area contributed by atoms with Gasteiger partial charge in [0, 0.05) is 17.8 Å². The van der Waals surface area contributed by atoms with E-state index in [4.69, 9.17) is 0 Å². The molecule has 74 valence electrons. The Labute approximate surface area is 83.6 Å². The summed E-state index contributed by atoms with van der Waals surface area (Å²) in [6.45, 7) is 1.19. The van der Waals surface area contributed by atoms with Crippen LogP contribution in [0, 0.1) is 5.92 Å². The molecule has 2 bridgehead atoms. The van der Waals surface area contributed by atoms with E-state index < -0.39 is 0 Å². The first kappa shape index (κ1) is 8.24. The number of fused-ring (bicyclic) bond motifs is 2. The number of aromatic nitrogens is 2. The Morgan fingerprint density at radius 3 is 3.21 bits per heavy atom. The van der Waals surface area contributed by atoms with E-state index >= 15 is 0 Å². The number of H-pyrrole nitrogens is 1. The summed E-state index contributed by atoms with van der Waals surface area (Å²) in [5.74, 6) is 0.885. The first-order valence-corrected chi connectivity index (χ1v) is 5.35. The minimum Gasteiger partial charge on any atom is -0.310 e. The van der Waals surface area contributed by atoms with Gasteiger partial charge in [0.05, 0.1) is 6.20 Å². The van der Waals surface area contributed by atoms with Crippen LogP contribution in [0.4, 0.5) is 0 Å². The minimum atomic E-state index is 0.604. The number of aromatic amines is 1. The molecule has 0 radical (unpaired) electrons. The van der Waals surface area contributed by atoms with Crippen LogP contribution in [0.3, 0.4) is 0 Å². The van der Waals surface area contributed by atoms with E-state index in [2.05, 4.69) is 21.6 Å². The Kier molecular flexibility index (Phi) is 1.91. The second-order valence-electron chi connectivity index (χ2n) is 4.33. The zero-order valence-corrected chi connectivity index (χ0v) is 8.16. The Morgan fingerprint density at radius 2 is 2.43 bits per heavy atom. The first-order chi connectivity index (χ1) is 6.92. The van der Waals surface area contributed by atoms with E-state index in [1.165, 1.54) is 36.9 Å². The fourth-order valence-electron chi connectivity index (χ4n) is 2.61. The number of piperidine rings is 1. The molecule has 1 aliphatic carbocycles. The molecule has 2 heterocycles. The molecular weight excluding hydrogens is 174 g/mol. The van der Waals surface area contributed by atoms with E-state index in [0.717, 1.165) is 5.92 Å². The lowest BCUT2D eigenvalue weighted by Crippen LogP contribution is -2.39. The Morgan fingerprint density at radius 1 is 1.43 bits per heavy atom. The van der Waals surface area contributed by atoms with Gasteiger partial charge in [-0.1, -0.05) is 6.08 Å². The van der Waals surface area contributed by atoms with Gasteiger partial charge in [-0.2, -0.15) is 5.10 Å². The topological polar surface area (TPSA) is 40.7 Å². The van der Waals surface area contributed by atoms with Crippen molar-refractivity contribution in [3.63, 3.8) is 0 Å². The van der Waals surface area contributed by atoms with Crippen molar-refractivity contribution in [2.75, 3.05) is 6.54 Å². The van der Waals surface area contributed by atoms with E-state index in [1.54, 1.807) is 0 Å². The van der Waals surface area contributed by atoms with Gasteiger partial charge < -0.3 is 5.32 Å². The molecule has 2 N–H and O–H groups in total. The van der Waals surface area contributed by atoms with Gasteiger partial charge >= 0.3 is 0 Å². The molecule has 0 aromatic carbocycles. The lowest BCUT2D eigenvalue weighted by molar-refractivity contribution is 0.327. The molecule has 2 unspecified atom stereocenters. The lowest BCUT2D eigenvalue weighted by Gasteiger charge is -2.34. The number of hydrogen-bond donors (Lipinski definition) is 2. The highest BCUT2D eigenvalue weighted by Crippen LogP contribution is 2.34. The third-order valence-electron chi connectivity index (χ3n) is 3.33. The largest absolute Gasteiger partial charge is 0.310 e. The molecule has 1 aromatic heterocycles. The maximum absolute atomic E-state index is 4.01. The fraction of sp³-hybridized carbons (Fsp3) is 0.545. The standard InChI is InChI=1S/C11H15N3/c1-2-12-11-4-8(1)3-9(5-11)10-6-13-14-7-10/h5-8,11-12H,1-4H2,(H,13,14). The van der Waals surface area contributed by atoms with Crippen LogP contribution >= 0.6 is 0 Å². The van der Waals surface area contributed by atoms with Crippen molar-refractivity contribution in [2.24, 2.45) is 5.92 Å². The molecule has 1 saturated heterocycles. The van der Waals surface area contributed by atoms with E-state index in [1.807, 2.05) is 12.4 Å². The molecule has 2 aliphatic rings. The average Bonchev–Trinajstić information content (AvgIpc) is 2.69. The average molecular weight is 189 g/mol. The Hall–Kier alpha value is -1.09. The van der Waals surface area contributed by atoms with Crippen LogP contribution in [0.15, 0.2) is 18.5 Å². The van der Waals surface area contributed by atoms with Crippen molar-refractivity contribution in [1.29, 1.82) is 0 Å². The lowest BCUT2D eigenvalue weighted by atomic mass is 9.80. The number of rotatable bonds is 1. The third kappa shape index (κ3) is 1.38. The summed E-state index contributed by atoms with van der Waals surface area (Å²) in [5.41, 5.74) is 2.73. The van der Waals surface area contributed by atoms with E-state index in [0.29, 0.717) is 6.04 Å². The van der Waals surface area contributed by atoms with Crippen LogP contribution < -0.4 is 5.32 Å². The molecule has 2 atom stereocenters. The summed E-state index contributed by atoms with van der Waals surface area (Å²) in [6, 6.07) is 0.604. The molecule has 1 fully saturated rings. The second kappa shape index (κ2) is 3.24. The van der Waals surface area contributed by atoms with Gasteiger partial charge in [-0.25, -0.2) is 0 Å². The molecule has 14 heavy (non-hydrogen) atoms. The molecular formula is C11H15N3. The smallest absolute Gasteiger partial charge is 0.0562 e. The van der Waals surface area contributed by atoms with Crippen LogP contribution in [-0.2, 0) is 0 Å². The predicted molar refractivity (Wildman–Crippen MR) is 55.7 cm³/mol. The zero-order chi connectivity index (χ0) is 9.38. The van der Waals surface area contributed by atoms with Gasteiger partial charge in [0.2, 0.25) is 0 Å². The molecule has 1 aromatic rings. The summed E-state index contributed by atoms with van der Waals surface area (Å²) < 4.78 is 0. The molecule has 3 nitrogen and oxygen atoms in total. The molecule has 3 heteroatoms. The van der Waals surface area contributed by atoms with Gasteiger partial charge in [0.25, 0.3) is 0 Å². The summed E-state index contributed by atoms with van der Waals surface area (Å²) >= 11 is 0. The van der Waals surface area contributed by atoms with Crippen LogP contribution in [0.25, 0.3) is 5.57 Å². The van der Waals surface area contributed by atoms with Gasteiger partial charge in [-0.3, -0.25) is 5.10 Å². The van der Waals surface area contributed by atoms with Crippen LogP contribution in [-0.4, -0.2) is 22.8 Å². The Balaban J connectivity index is 1.90. The maximum Gasteiger partial charge on any atom is 0.0562 e. The minimum absolute atomic E-state index is 0.604. The van der Waals surface area contributed by atoms with Crippen molar-refractivity contribution in [3.8, 4) is 0 Å². The highest BCUT2D eigenvalue weighted by molar-refractivity contribution is 5.66. The summed E-state index contributed by atoms with van der Waals surface area (Å²) in [7, 11) is 0. The number of allylic oxidation sites excluding steroid dienone is 1. The molecule has 1 aliphatic heterocycles. The SMILES string of the molecule is C1=C(c2cn[nH]c2)CC2CCNC1C2. The maximum atomic E-state index is 4.01. The van der Waals surface area contributed by atoms with Crippen molar-refractivity contribution in [3.05, 3.63) is 24.0 Å². The monoisotopic (exact) mass is 189 g/mol. The van der Waals surface area contributed by atoms with Gasteiger partial charge in [-0.05, 0) is 37.3 Å². The predicted octanol–water partition coefficient (Wildman–Crippen LogP) is 1.56. The molecule has 0 spiro atoms. The third-order valence-corrected chi connectivity index (χ3v) is 3.33. The first-order valence-electron chi connectivity index (χ1n) is 5.35. The van der Waals surface area contributed by atoms with Crippen molar-refractivity contribution >= 4 is 5.57 Å². The highest BCUT2D eigenvalue weighted by atomic mass is 15.1. The summed E-state index contributed by atoms with van der Waals surface area (Å²) in [6.07, 6.45) is 10.2. The second-order valence-corrected chi connectivity index (χ2v) is 4.33.